The first-order valence-corrected chi connectivity index (χ1v) is 6.91. The van der Waals surface area contributed by atoms with Gasteiger partial charge < -0.3 is 15.2 Å². The summed E-state index contributed by atoms with van der Waals surface area (Å²) in [6.07, 6.45) is 2.67. The van der Waals surface area contributed by atoms with E-state index < -0.39 is 11.5 Å². The van der Waals surface area contributed by atoms with Gasteiger partial charge in [-0.1, -0.05) is 6.92 Å². The van der Waals surface area contributed by atoms with Gasteiger partial charge in [0.05, 0.1) is 12.7 Å². The summed E-state index contributed by atoms with van der Waals surface area (Å²) in [5, 5.41) is 12.6. The normalized spacial score (nSPS) is 37.9. The van der Waals surface area contributed by atoms with Crippen LogP contribution >= 0.6 is 0 Å². The van der Waals surface area contributed by atoms with Crippen molar-refractivity contribution in [1.29, 1.82) is 0 Å². The molecule has 1 aliphatic carbocycles. The topological polar surface area (TPSA) is 61.8 Å². The number of carbonyl (C=O) groups is 1. The Kier molecular flexibility index (Phi) is 4.25. The third kappa shape index (κ3) is 2.68. The highest BCUT2D eigenvalue weighted by molar-refractivity contribution is 5.79. The van der Waals surface area contributed by atoms with Crippen LogP contribution in [0.2, 0.25) is 0 Å². The minimum Gasteiger partial charge on any atom is -0.480 e. The smallest absolute Gasteiger partial charge is 0.323 e. The first-order valence-electron chi connectivity index (χ1n) is 6.91. The Hall–Kier alpha value is -0.650. The van der Waals surface area contributed by atoms with Gasteiger partial charge in [0, 0.05) is 19.1 Å². The maximum Gasteiger partial charge on any atom is 0.323 e. The number of ether oxygens (including phenoxy) is 1. The van der Waals surface area contributed by atoms with Crippen LogP contribution in [0.15, 0.2) is 0 Å². The number of hydrogen-bond donors (Lipinski definition) is 2. The molecule has 0 bridgehead atoms. The molecule has 18 heavy (non-hydrogen) atoms. The maximum absolute atomic E-state index is 11.5. The van der Waals surface area contributed by atoms with E-state index in [2.05, 4.69) is 17.1 Å². The lowest BCUT2D eigenvalue weighted by molar-refractivity contribution is -0.144. The average molecular weight is 256 g/mol. The third-order valence-corrected chi connectivity index (χ3v) is 4.20. The van der Waals surface area contributed by atoms with Crippen molar-refractivity contribution >= 4 is 5.97 Å². The zero-order valence-electron chi connectivity index (χ0n) is 11.3. The number of hydrogen-bond acceptors (Lipinski definition) is 4. The molecular formula is C13H24N2O3. The molecule has 1 saturated heterocycles. The van der Waals surface area contributed by atoms with Gasteiger partial charge in [0.1, 0.15) is 5.54 Å². The van der Waals surface area contributed by atoms with Crippen molar-refractivity contribution in [3.8, 4) is 0 Å². The van der Waals surface area contributed by atoms with E-state index in [1.54, 1.807) is 0 Å². The number of nitrogens with one attached hydrogen (secondary N) is 1. The van der Waals surface area contributed by atoms with Crippen molar-refractivity contribution in [3.05, 3.63) is 0 Å². The summed E-state index contributed by atoms with van der Waals surface area (Å²) >= 11 is 0. The molecule has 2 fully saturated rings. The molecule has 2 rings (SSSR count). The summed E-state index contributed by atoms with van der Waals surface area (Å²) < 4.78 is 5.54. The number of carboxylic acid groups (broad SMARTS) is 1. The summed E-state index contributed by atoms with van der Waals surface area (Å²) in [5.74, 6) is -0.701. The summed E-state index contributed by atoms with van der Waals surface area (Å²) in [5.41, 5.74) is -0.707. The van der Waals surface area contributed by atoms with Crippen LogP contribution in [0.5, 0.6) is 0 Å². The van der Waals surface area contributed by atoms with Crippen LogP contribution in [-0.4, -0.2) is 59.9 Å². The van der Waals surface area contributed by atoms with Gasteiger partial charge in [-0.15, -0.1) is 0 Å². The first-order chi connectivity index (χ1) is 8.57. The van der Waals surface area contributed by atoms with Crippen LogP contribution in [0.3, 0.4) is 0 Å². The van der Waals surface area contributed by atoms with Crippen LogP contribution in [0.4, 0.5) is 0 Å². The number of aliphatic carboxylic acids is 1. The standard InChI is InChI=1S/C13H24N2O3/c1-3-14-13(12(16)17)5-4-11(8-13)15-6-7-18-10(2)9-15/h10-11,14H,3-9H2,1-2H3,(H,16,17). The molecule has 3 atom stereocenters. The van der Waals surface area contributed by atoms with E-state index in [0.717, 1.165) is 32.5 Å². The molecule has 0 radical (unpaired) electrons. The summed E-state index contributed by atoms with van der Waals surface area (Å²) in [6.45, 7) is 7.37. The van der Waals surface area contributed by atoms with Gasteiger partial charge in [0.15, 0.2) is 0 Å². The molecule has 0 spiro atoms. The molecule has 5 heteroatoms. The Bertz CT molecular complexity index is 311. The second-order valence-electron chi connectivity index (χ2n) is 5.49. The Morgan fingerprint density at radius 3 is 3.00 bits per heavy atom. The fraction of sp³-hybridized carbons (Fsp3) is 0.923. The monoisotopic (exact) mass is 256 g/mol. The van der Waals surface area contributed by atoms with E-state index in [4.69, 9.17) is 4.74 Å². The Labute approximate surface area is 108 Å². The molecule has 5 nitrogen and oxygen atoms in total. The number of nitrogens with zero attached hydrogens (tertiary/aromatic N) is 1. The predicted octanol–water partition coefficient (Wildman–Crippen LogP) is 0.693. The Balaban J connectivity index is 1.99. The van der Waals surface area contributed by atoms with Crippen LogP contribution in [0, 0.1) is 0 Å². The van der Waals surface area contributed by atoms with Crippen LogP contribution in [0.25, 0.3) is 0 Å². The van der Waals surface area contributed by atoms with Gasteiger partial charge in [-0.2, -0.15) is 0 Å². The molecule has 2 aliphatic rings. The number of likely N-dealkylation sites (N-methyl/N-ethyl adjacent to an activating group) is 1. The van der Waals surface area contributed by atoms with E-state index >= 15 is 0 Å². The average Bonchev–Trinajstić information content (AvgIpc) is 2.75. The van der Waals surface area contributed by atoms with E-state index in [0.29, 0.717) is 19.0 Å². The highest BCUT2D eigenvalue weighted by Crippen LogP contribution is 2.34. The lowest BCUT2D eigenvalue weighted by Crippen LogP contribution is -2.52. The van der Waals surface area contributed by atoms with Crippen molar-refractivity contribution in [2.75, 3.05) is 26.2 Å². The van der Waals surface area contributed by atoms with Gasteiger partial charge in [-0.3, -0.25) is 9.69 Å². The molecule has 0 aromatic carbocycles. The van der Waals surface area contributed by atoms with Crippen LogP contribution in [-0.2, 0) is 9.53 Å². The largest absolute Gasteiger partial charge is 0.480 e. The van der Waals surface area contributed by atoms with E-state index in [9.17, 15) is 9.90 Å². The zero-order chi connectivity index (χ0) is 13.2. The molecule has 2 N–H and O–H groups in total. The van der Waals surface area contributed by atoms with Gasteiger partial charge >= 0.3 is 5.97 Å². The Morgan fingerprint density at radius 1 is 1.61 bits per heavy atom. The van der Waals surface area contributed by atoms with Crippen molar-refractivity contribution < 1.29 is 14.6 Å². The first kappa shape index (κ1) is 13.8. The van der Waals surface area contributed by atoms with Crippen molar-refractivity contribution in [2.24, 2.45) is 0 Å². The second-order valence-corrected chi connectivity index (χ2v) is 5.49. The highest BCUT2D eigenvalue weighted by atomic mass is 16.5. The van der Waals surface area contributed by atoms with E-state index in [-0.39, 0.29) is 6.10 Å². The second kappa shape index (κ2) is 5.55. The molecule has 0 aromatic rings. The number of morpholine rings is 1. The molecule has 0 amide bonds. The highest BCUT2D eigenvalue weighted by Gasteiger charge is 2.46. The lowest BCUT2D eigenvalue weighted by Gasteiger charge is -2.36. The van der Waals surface area contributed by atoms with Crippen molar-refractivity contribution in [1.82, 2.24) is 10.2 Å². The summed E-state index contributed by atoms with van der Waals surface area (Å²) in [7, 11) is 0. The molecule has 0 aromatic heterocycles. The van der Waals surface area contributed by atoms with Crippen molar-refractivity contribution in [2.45, 2.75) is 50.8 Å². The molecule has 1 saturated carbocycles. The molecule has 3 unspecified atom stereocenters. The van der Waals surface area contributed by atoms with Crippen LogP contribution in [0.1, 0.15) is 33.1 Å². The van der Waals surface area contributed by atoms with E-state index in [1.165, 1.54) is 0 Å². The third-order valence-electron chi connectivity index (χ3n) is 4.20. The van der Waals surface area contributed by atoms with Gasteiger partial charge in [-0.25, -0.2) is 0 Å². The molecule has 104 valence electrons. The molecule has 1 aliphatic heterocycles. The lowest BCUT2D eigenvalue weighted by atomic mass is 9.97. The zero-order valence-corrected chi connectivity index (χ0v) is 11.3. The Morgan fingerprint density at radius 2 is 2.39 bits per heavy atom. The fourth-order valence-electron chi connectivity index (χ4n) is 3.28. The quantitative estimate of drug-likeness (QED) is 0.775. The van der Waals surface area contributed by atoms with Crippen LogP contribution < -0.4 is 5.32 Å². The molecule has 1 heterocycles. The minimum absolute atomic E-state index is 0.262. The molecular weight excluding hydrogens is 232 g/mol. The fourth-order valence-corrected chi connectivity index (χ4v) is 3.28. The van der Waals surface area contributed by atoms with E-state index in [1.807, 2.05) is 6.92 Å². The van der Waals surface area contributed by atoms with Crippen molar-refractivity contribution in [3.63, 3.8) is 0 Å². The summed E-state index contributed by atoms with van der Waals surface area (Å²) in [4.78, 5) is 13.9. The van der Waals surface area contributed by atoms with Gasteiger partial charge in [0.25, 0.3) is 0 Å². The number of carboxylic acids is 1. The SMILES string of the molecule is CCNC1(C(=O)O)CCC(N2CCOC(C)C2)C1. The number of rotatable bonds is 4. The minimum atomic E-state index is -0.707. The van der Waals surface area contributed by atoms with Gasteiger partial charge in [-0.05, 0) is 32.7 Å². The predicted molar refractivity (Wildman–Crippen MR) is 68.7 cm³/mol. The van der Waals surface area contributed by atoms with Gasteiger partial charge in [0.2, 0.25) is 0 Å². The maximum atomic E-state index is 11.5. The summed E-state index contributed by atoms with van der Waals surface area (Å²) in [6, 6.07) is 0.381.